The molecule has 36 heavy (non-hydrogen) atoms. The second-order valence-electron chi connectivity index (χ2n) is 8.69. The molecule has 0 saturated carbocycles. The number of nitrogens with zero attached hydrogens (tertiary/aromatic N) is 6. The number of anilines is 1. The highest BCUT2D eigenvalue weighted by atomic mass is 32.2. The molecule has 1 aromatic carbocycles. The first-order chi connectivity index (χ1) is 16.8. The van der Waals surface area contributed by atoms with E-state index in [1.165, 1.54) is 10.9 Å². The smallest absolute Gasteiger partial charge is 0.425 e. The lowest BCUT2D eigenvalue weighted by Crippen LogP contribution is -2.32. The molecule has 3 aromatic rings. The maximum atomic E-state index is 13.1. The number of aromatic nitrogens is 5. The summed E-state index contributed by atoms with van der Waals surface area (Å²) in [5.74, 6) is -0.296. The van der Waals surface area contributed by atoms with Gasteiger partial charge in [0.1, 0.15) is 0 Å². The Morgan fingerprint density at radius 3 is 2.64 bits per heavy atom. The molecule has 194 valence electrons. The number of rotatable bonds is 8. The zero-order chi connectivity index (χ0) is 26.3. The molecule has 2 atom stereocenters. The number of nitrogens with two attached hydrogens (primary N) is 1. The molecule has 1 fully saturated rings. The van der Waals surface area contributed by atoms with E-state index in [9.17, 15) is 26.4 Å². The fourth-order valence-corrected chi connectivity index (χ4v) is 4.95. The summed E-state index contributed by atoms with van der Waals surface area (Å²) < 4.78 is 68.5. The number of benzene rings is 1. The normalized spacial score (nSPS) is 17.5. The number of hydrogen-bond donors (Lipinski definition) is 1. The fraction of sp³-hybridized carbons (Fsp3) is 0.476. The number of alkyl halides is 3. The largest absolute Gasteiger partial charge is 0.451 e. The number of carbonyl (C=O) groups excluding carboxylic acids is 1. The van der Waals surface area contributed by atoms with Gasteiger partial charge in [0, 0.05) is 25.8 Å². The molecule has 1 amide bonds. The van der Waals surface area contributed by atoms with Crippen LogP contribution in [0.1, 0.15) is 25.3 Å². The Kier molecular flexibility index (Phi) is 6.77. The molecule has 2 N–H and O–H groups in total. The van der Waals surface area contributed by atoms with E-state index in [4.69, 9.17) is 10.5 Å². The van der Waals surface area contributed by atoms with E-state index in [1.807, 2.05) is 0 Å². The highest BCUT2D eigenvalue weighted by molar-refractivity contribution is 7.90. The van der Waals surface area contributed by atoms with Crippen molar-refractivity contribution < 1.29 is 31.1 Å². The predicted octanol–water partition coefficient (Wildman–Crippen LogP) is 1.70. The molecular weight excluding hydrogens is 503 g/mol. The molecule has 1 aliphatic heterocycles. The lowest BCUT2D eigenvalue weighted by Gasteiger charge is -2.20. The first-order valence-corrected chi connectivity index (χ1v) is 12.9. The highest BCUT2D eigenvalue weighted by Crippen LogP contribution is 2.31. The molecule has 0 radical (unpaired) electrons. The summed E-state index contributed by atoms with van der Waals surface area (Å²) in [5.41, 5.74) is 5.93. The third-order valence-corrected chi connectivity index (χ3v) is 6.95. The van der Waals surface area contributed by atoms with Crippen LogP contribution < -0.4 is 15.4 Å². The van der Waals surface area contributed by atoms with E-state index in [0.29, 0.717) is 25.1 Å². The number of halogens is 3. The molecule has 0 aliphatic carbocycles. The minimum atomic E-state index is -4.63. The first kappa shape index (κ1) is 25.6. The molecule has 1 aliphatic rings. The van der Waals surface area contributed by atoms with Gasteiger partial charge < -0.3 is 15.4 Å². The predicted molar refractivity (Wildman–Crippen MR) is 122 cm³/mol. The van der Waals surface area contributed by atoms with E-state index in [-0.39, 0.29) is 40.8 Å². The number of hydrogen-bond acceptors (Lipinski definition) is 9. The van der Waals surface area contributed by atoms with Crippen LogP contribution in [0.5, 0.6) is 6.01 Å². The topological polar surface area (TPSA) is 146 Å². The van der Waals surface area contributed by atoms with Crippen LogP contribution in [0.15, 0.2) is 29.2 Å². The Morgan fingerprint density at radius 1 is 1.25 bits per heavy atom. The van der Waals surface area contributed by atoms with E-state index in [1.54, 1.807) is 23.1 Å². The summed E-state index contributed by atoms with van der Waals surface area (Å²) >= 11 is 0. The summed E-state index contributed by atoms with van der Waals surface area (Å²) in [4.78, 5) is 22.6. The van der Waals surface area contributed by atoms with Gasteiger partial charge in [0.2, 0.25) is 11.6 Å². The van der Waals surface area contributed by atoms with Crippen LogP contribution in [0.4, 0.5) is 19.0 Å². The van der Waals surface area contributed by atoms with Crippen LogP contribution in [-0.2, 0) is 21.2 Å². The van der Waals surface area contributed by atoms with Gasteiger partial charge in [-0.25, -0.2) is 8.42 Å². The minimum Gasteiger partial charge on any atom is -0.451 e. The highest BCUT2D eigenvalue weighted by Gasteiger charge is 2.39. The zero-order valence-electron chi connectivity index (χ0n) is 19.4. The Labute approximate surface area is 204 Å². The van der Waals surface area contributed by atoms with Crippen molar-refractivity contribution in [3.05, 3.63) is 29.8 Å². The summed E-state index contributed by atoms with van der Waals surface area (Å²) in [7, 11) is -3.52. The van der Waals surface area contributed by atoms with Gasteiger partial charge in [-0.3, -0.25) is 4.79 Å². The van der Waals surface area contributed by atoms with E-state index in [2.05, 4.69) is 20.2 Å². The molecule has 3 heterocycles. The number of ether oxygens (including phenoxy) is 1. The quantitative estimate of drug-likeness (QED) is 0.462. The molecular formula is C21H24F3N7O4S. The van der Waals surface area contributed by atoms with Crippen molar-refractivity contribution in [2.24, 2.45) is 11.7 Å². The molecule has 4 rings (SSSR count). The van der Waals surface area contributed by atoms with Gasteiger partial charge >= 0.3 is 12.2 Å². The fourth-order valence-electron chi connectivity index (χ4n) is 4.01. The lowest BCUT2D eigenvalue weighted by atomic mass is 10.1. The third-order valence-electron chi connectivity index (χ3n) is 5.75. The summed E-state index contributed by atoms with van der Waals surface area (Å²) in [6.45, 7) is 1.65. The van der Waals surface area contributed by atoms with Crippen molar-refractivity contribution in [1.29, 1.82) is 0 Å². The van der Waals surface area contributed by atoms with Crippen molar-refractivity contribution in [3.63, 3.8) is 0 Å². The molecule has 15 heteroatoms. The second kappa shape index (κ2) is 9.52. The average molecular weight is 528 g/mol. The number of fused-ring (bicyclic) bond motifs is 1. The molecule has 11 nitrogen and oxygen atoms in total. The number of carbonyl (C=O) groups is 1. The number of primary amides is 1. The summed E-state index contributed by atoms with van der Waals surface area (Å²) in [5, 5.41) is 8.66. The van der Waals surface area contributed by atoms with Crippen LogP contribution in [-0.4, -0.2) is 70.9 Å². The van der Waals surface area contributed by atoms with Crippen LogP contribution in [0.25, 0.3) is 11.2 Å². The lowest BCUT2D eigenvalue weighted by molar-refractivity contribution is -0.190. The second-order valence-corrected chi connectivity index (χ2v) is 10.7. The van der Waals surface area contributed by atoms with Crippen LogP contribution in [0.2, 0.25) is 0 Å². The number of sulfone groups is 1. The van der Waals surface area contributed by atoms with Gasteiger partial charge in [-0.05, 0) is 30.9 Å². The van der Waals surface area contributed by atoms with Crippen molar-refractivity contribution in [1.82, 2.24) is 25.0 Å². The van der Waals surface area contributed by atoms with Crippen molar-refractivity contribution >= 4 is 32.7 Å². The van der Waals surface area contributed by atoms with Gasteiger partial charge in [0.05, 0.1) is 11.4 Å². The molecule has 0 unspecified atom stereocenters. The Morgan fingerprint density at radius 2 is 1.97 bits per heavy atom. The van der Waals surface area contributed by atoms with Crippen molar-refractivity contribution in [3.8, 4) is 6.01 Å². The van der Waals surface area contributed by atoms with Gasteiger partial charge in [0.15, 0.2) is 27.3 Å². The zero-order valence-corrected chi connectivity index (χ0v) is 20.3. The molecule has 0 spiro atoms. The SMILES string of the molecule is C[C@H](Oc1nc(N2CC[C@@H](CC(N)=O)C2)c2nn(Cc3ccccc3S(C)(=O)=O)nc2n1)C(F)(F)F. The Bertz CT molecular complexity index is 1390. The van der Waals surface area contributed by atoms with Crippen LogP contribution >= 0.6 is 0 Å². The van der Waals surface area contributed by atoms with Crippen molar-refractivity contribution in [2.45, 2.75) is 43.5 Å². The maximum Gasteiger partial charge on any atom is 0.425 e. The number of amides is 1. The first-order valence-electron chi connectivity index (χ1n) is 11.0. The van der Waals surface area contributed by atoms with Gasteiger partial charge in [0.25, 0.3) is 0 Å². The van der Waals surface area contributed by atoms with E-state index in [0.717, 1.165) is 13.2 Å². The van der Waals surface area contributed by atoms with Gasteiger partial charge in [-0.15, -0.1) is 10.2 Å². The Balaban J connectivity index is 1.74. The van der Waals surface area contributed by atoms with Crippen LogP contribution in [0.3, 0.4) is 0 Å². The third kappa shape index (κ3) is 5.66. The molecule has 2 aromatic heterocycles. The van der Waals surface area contributed by atoms with Gasteiger partial charge in [-0.1, -0.05) is 18.2 Å². The Hall–Kier alpha value is -3.49. The van der Waals surface area contributed by atoms with Crippen molar-refractivity contribution in [2.75, 3.05) is 24.2 Å². The molecule has 1 saturated heterocycles. The standard InChI is InChI=1S/C21H24F3N7O4S/c1-12(21(22,23)24)35-20-26-18-17(19(27-20)30-8-7-13(10-30)9-16(25)32)28-31(29-18)11-14-5-3-4-6-15(14)36(2,33)34/h3-6,12-13H,7-11H2,1-2H3,(H2,25,32)/t12-,13-/m0/s1. The monoisotopic (exact) mass is 527 g/mol. The van der Waals surface area contributed by atoms with Gasteiger partial charge in [-0.2, -0.15) is 27.9 Å². The van der Waals surface area contributed by atoms with E-state index < -0.39 is 34.0 Å². The minimum absolute atomic E-state index is 0.0143. The molecule has 0 bridgehead atoms. The maximum absolute atomic E-state index is 13.1. The van der Waals surface area contributed by atoms with Crippen LogP contribution in [0, 0.1) is 5.92 Å². The van der Waals surface area contributed by atoms with E-state index >= 15 is 0 Å². The summed E-state index contributed by atoms with van der Waals surface area (Å²) in [6, 6.07) is 5.83. The summed E-state index contributed by atoms with van der Waals surface area (Å²) in [6.07, 6.45) is -4.93. The average Bonchev–Trinajstić information content (AvgIpc) is 3.38.